The van der Waals surface area contributed by atoms with Crippen LogP contribution in [0.3, 0.4) is 0 Å². The van der Waals surface area contributed by atoms with E-state index in [0.717, 1.165) is 16.8 Å². The van der Waals surface area contributed by atoms with E-state index < -0.39 is 6.04 Å². The summed E-state index contributed by atoms with van der Waals surface area (Å²) in [6, 6.07) is 10.2. The standard InChI is InChI=1S/C26H29Cl2N5O2S/c1-6-9-33-24(23(15(2)3)30-25(35)20-8-7-18(27)13-21(20)28)31-32-26(33)36-14-22(34)29-19-11-16(4)10-17(5)12-19/h6-8,10-13,15,23H,1,9,14H2,2-5H3,(H,29,34)(H,30,35)/t23-/m1/s1. The quantitative estimate of drug-likeness (QED) is 0.232. The average Bonchev–Trinajstić information content (AvgIpc) is 3.17. The maximum Gasteiger partial charge on any atom is 0.253 e. The maximum atomic E-state index is 13.0. The van der Waals surface area contributed by atoms with Gasteiger partial charge in [0.2, 0.25) is 5.91 Å². The Bertz CT molecular complexity index is 1250. The molecule has 0 aliphatic heterocycles. The molecule has 2 N–H and O–H groups in total. The summed E-state index contributed by atoms with van der Waals surface area (Å²) in [5.74, 6) is 0.233. The van der Waals surface area contributed by atoms with Crippen LogP contribution in [-0.2, 0) is 11.3 Å². The highest BCUT2D eigenvalue weighted by atomic mass is 35.5. The van der Waals surface area contributed by atoms with Crippen molar-refractivity contribution in [1.29, 1.82) is 0 Å². The van der Waals surface area contributed by atoms with Crippen LogP contribution in [0.25, 0.3) is 0 Å². The second-order valence-electron chi connectivity index (χ2n) is 8.77. The van der Waals surface area contributed by atoms with E-state index >= 15 is 0 Å². The number of aryl methyl sites for hydroxylation is 2. The zero-order valence-electron chi connectivity index (χ0n) is 20.6. The monoisotopic (exact) mass is 545 g/mol. The first kappa shape index (κ1) is 27.8. The molecule has 0 fully saturated rings. The first-order valence-corrected chi connectivity index (χ1v) is 13.1. The Hall–Kier alpha value is -2.81. The zero-order valence-corrected chi connectivity index (χ0v) is 23.0. The highest BCUT2D eigenvalue weighted by molar-refractivity contribution is 7.99. The van der Waals surface area contributed by atoms with Crippen molar-refractivity contribution in [3.8, 4) is 0 Å². The summed E-state index contributed by atoms with van der Waals surface area (Å²) in [7, 11) is 0. The fraction of sp³-hybridized carbons (Fsp3) is 0.308. The lowest BCUT2D eigenvalue weighted by Gasteiger charge is -2.23. The molecule has 0 saturated carbocycles. The molecular weight excluding hydrogens is 517 g/mol. The Kier molecular flexibility index (Phi) is 9.59. The first-order chi connectivity index (χ1) is 17.1. The van der Waals surface area contributed by atoms with Crippen molar-refractivity contribution in [3.05, 3.63) is 81.6 Å². The molecule has 0 bridgehead atoms. The number of carbonyl (C=O) groups excluding carboxylic acids is 2. The van der Waals surface area contributed by atoms with Crippen molar-refractivity contribution in [2.75, 3.05) is 11.1 Å². The van der Waals surface area contributed by atoms with Crippen molar-refractivity contribution in [1.82, 2.24) is 20.1 Å². The van der Waals surface area contributed by atoms with E-state index in [9.17, 15) is 9.59 Å². The van der Waals surface area contributed by atoms with Gasteiger partial charge in [-0.2, -0.15) is 0 Å². The Morgan fingerprint density at radius 1 is 1.11 bits per heavy atom. The second-order valence-corrected chi connectivity index (χ2v) is 10.6. The van der Waals surface area contributed by atoms with Gasteiger partial charge in [0.1, 0.15) is 0 Å². The third-order valence-electron chi connectivity index (χ3n) is 5.30. The molecule has 0 aliphatic carbocycles. The SMILES string of the molecule is C=CCn1c(SCC(=O)Nc2cc(C)cc(C)c2)nnc1[C@H](NC(=O)c1ccc(Cl)cc1Cl)C(C)C. The molecule has 0 spiro atoms. The Labute approximate surface area is 225 Å². The molecule has 3 rings (SSSR count). The van der Waals surface area contributed by atoms with Crippen LogP contribution in [0, 0.1) is 19.8 Å². The number of benzene rings is 2. The molecule has 2 aromatic carbocycles. The van der Waals surface area contributed by atoms with Gasteiger partial charge in [-0.25, -0.2) is 0 Å². The highest BCUT2D eigenvalue weighted by Crippen LogP contribution is 2.27. The third-order valence-corrected chi connectivity index (χ3v) is 6.82. The molecule has 0 aliphatic rings. The van der Waals surface area contributed by atoms with E-state index in [4.69, 9.17) is 23.2 Å². The summed E-state index contributed by atoms with van der Waals surface area (Å²) in [6.07, 6.45) is 1.72. The van der Waals surface area contributed by atoms with Gasteiger partial charge in [0.15, 0.2) is 11.0 Å². The van der Waals surface area contributed by atoms with E-state index in [1.54, 1.807) is 18.2 Å². The molecule has 0 saturated heterocycles. The lowest BCUT2D eigenvalue weighted by molar-refractivity contribution is -0.113. The molecule has 2 amide bonds. The van der Waals surface area contributed by atoms with Crippen LogP contribution in [0.4, 0.5) is 5.69 Å². The molecule has 36 heavy (non-hydrogen) atoms. The van der Waals surface area contributed by atoms with Crippen LogP contribution in [0.2, 0.25) is 10.0 Å². The number of carbonyl (C=O) groups is 2. The highest BCUT2D eigenvalue weighted by Gasteiger charge is 2.27. The topological polar surface area (TPSA) is 88.9 Å². The number of rotatable bonds is 10. The fourth-order valence-corrected chi connectivity index (χ4v) is 4.98. The fourth-order valence-electron chi connectivity index (χ4n) is 3.73. The number of thioether (sulfide) groups is 1. The molecular formula is C26H29Cl2N5O2S. The number of nitrogens with one attached hydrogen (secondary N) is 2. The van der Waals surface area contributed by atoms with Crippen LogP contribution >= 0.6 is 35.0 Å². The van der Waals surface area contributed by atoms with Crippen molar-refractivity contribution in [2.45, 2.75) is 45.4 Å². The number of halogens is 2. The van der Waals surface area contributed by atoms with Gasteiger partial charge in [-0.1, -0.05) is 61.0 Å². The number of aromatic nitrogens is 3. The third kappa shape index (κ3) is 7.12. The van der Waals surface area contributed by atoms with Crippen molar-refractivity contribution in [2.24, 2.45) is 5.92 Å². The van der Waals surface area contributed by atoms with Crippen LogP contribution in [-0.4, -0.2) is 32.3 Å². The Morgan fingerprint density at radius 3 is 2.42 bits per heavy atom. The molecule has 3 aromatic rings. The molecule has 0 radical (unpaired) electrons. The number of amides is 2. The van der Waals surface area contributed by atoms with Gasteiger partial charge in [-0.05, 0) is 61.2 Å². The molecule has 7 nitrogen and oxygen atoms in total. The van der Waals surface area contributed by atoms with Crippen LogP contribution < -0.4 is 10.6 Å². The molecule has 0 unspecified atom stereocenters. The molecule has 10 heteroatoms. The van der Waals surface area contributed by atoms with E-state index in [2.05, 4.69) is 33.5 Å². The summed E-state index contributed by atoms with van der Waals surface area (Å²) in [6.45, 7) is 12.2. The van der Waals surface area contributed by atoms with Gasteiger partial charge in [-0.15, -0.1) is 16.8 Å². The predicted molar refractivity (Wildman–Crippen MR) is 147 cm³/mol. The number of nitrogens with zero attached hydrogens (tertiary/aromatic N) is 3. The van der Waals surface area contributed by atoms with Crippen LogP contribution in [0.15, 0.2) is 54.2 Å². The maximum absolute atomic E-state index is 13.0. The normalized spacial score (nSPS) is 11.9. The summed E-state index contributed by atoms with van der Waals surface area (Å²) >= 11 is 13.5. The van der Waals surface area contributed by atoms with Crippen molar-refractivity contribution in [3.63, 3.8) is 0 Å². The smallest absolute Gasteiger partial charge is 0.253 e. The average molecular weight is 547 g/mol. The predicted octanol–water partition coefficient (Wildman–Crippen LogP) is 6.25. The van der Waals surface area contributed by atoms with Gasteiger partial charge in [-0.3, -0.25) is 9.59 Å². The molecule has 1 heterocycles. The van der Waals surface area contributed by atoms with Gasteiger partial charge in [0.25, 0.3) is 5.91 Å². The Morgan fingerprint density at radius 2 is 1.81 bits per heavy atom. The van der Waals surface area contributed by atoms with Crippen LogP contribution in [0.1, 0.15) is 47.2 Å². The van der Waals surface area contributed by atoms with Crippen molar-refractivity contribution >= 4 is 52.5 Å². The minimum Gasteiger partial charge on any atom is -0.342 e. The van der Waals surface area contributed by atoms with Gasteiger partial charge >= 0.3 is 0 Å². The van der Waals surface area contributed by atoms with E-state index in [1.807, 2.05) is 44.4 Å². The van der Waals surface area contributed by atoms with Crippen molar-refractivity contribution < 1.29 is 9.59 Å². The van der Waals surface area contributed by atoms with Gasteiger partial charge < -0.3 is 15.2 Å². The minimum atomic E-state index is -0.449. The first-order valence-electron chi connectivity index (χ1n) is 11.4. The zero-order chi connectivity index (χ0) is 26.4. The number of allylic oxidation sites excluding steroid dienone is 1. The molecule has 1 aromatic heterocycles. The van der Waals surface area contributed by atoms with E-state index in [0.29, 0.717) is 28.1 Å². The number of hydrogen-bond donors (Lipinski definition) is 2. The van der Waals surface area contributed by atoms with E-state index in [-0.39, 0.29) is 28.5 Å². The minimum absolute atomic E-state index is 0.00139. The Balaban J connectivity index is 1.77. The number of anilines is 1. The number of hydrogen-bond acceptors (Lipinski definition) is 5. The van der Waals surface area contributed by atoms with Gasteiger partial charge in [0, 0.05) is 17.3 Å². The lowest BCUT2D eigenvalue weighted by Crippen LogP contribution is -2.34. The summed E-state index contributed by atoms with van der Waals surface area (Å²) in [4.78, 5) is 25.6. The van der Waals surface area contributed by atoms with Crippen LogP contribution in [0.5, 0.6) is 0 Å². The second kappa shape index (κ2) is 12.4. The molecule has 190 valence electrons. The summed E-state index contributed by atoms with van der Waals surface area (Å²) in [5, 5.41) is 15.9. The summed E-state index contributed by atoms with van der Waals surface area (Å²) < 4.78 is 1.86. The largest absolute Gasteiger partial charge is 0.342 e. The van der Waals surface area contributed by atoms with Gasteiger partial charge in [0.05, 0.1) is 22.4 Å². The summed E-state index contributed by atoms with van der Waals surface area (Å²) in [5.41, 5.74) is 3.24. The molecule has 1 atom stereocenters. The van der Waals surface area contributed by atoms with E-state index in [1.165, 1.54) is 17.8 Å². The lowest BCUT2D eigenvalue weighted by atomic mass is 10.0.